The number of hydrogen-bond acceptors (Lipinski definition) is 4. The van der Waals surface area contributed by atoms with Gasteiger partial charge >= 0.3 is 5.97 Å². The minimum atomic E-state index is -1.30. The van der Waals surface area contributed by atoms with E-state index in [2.05, 4.69) is 5.32 Å². The first-order valence-electron chi connectivity index (χ1n) is 8.00. The fourth-order valence-corrected chi connectivity index (χ4v) is 2.55. The van der Waals surface area contributed by atoms with E-state index in [0.717, 1.165) is 0 Å². The lowest BCUT2D eigenvalue weighted by molar-refractivity contribution is -0.150. The summed E-state index contributed by atoms with van der Waals surface area (Å²) in [7, 11) is 1.27. The van der Waals surface area contributed by atoms with Gasteiger partial charge in [-0.2, -0.15) is 0 Å². The molecule has 0 aliphatic carbocycles. The fraction of sp³-hybridized carbons (Fsp3) is 0.250. The molecule has 0 aromatic heterocycles. The van der Waals surface area contributed by atoms with Gasteiger partial charge in [-0.05, 0) is 12.5 Å². The van der Waals surface area contributed by atoms with Crippen molar-refractivity contribution in [1.29, 1.82) is 0 Å². The normalized spacial score (nSPS) is 12.7. The second kappa shape index (κ2) is 8.24. The van der Waals surface area contributed by atoms with Crippen molar-refractivity contribution in [2.75, 3.05) is 7.11 Å². The molecule has 2 aromatic rings. The summed E-state index contributed by atoms with van der Waals surface area (Å²) in [6.45, 7) is 1.59. The third-order valence-corrected chi connectivity index (χ3v) is 4.01. The summed E-state index contributed by atoms with van der Waals surface area (Å²) in [4.78, 5) is 36.6. The number of hydrogen-bond donors (Lipinski definition) is 1. The van der Waals surface area contributed by atoms with Crippen LogP contribution < -0.4 is 5.32 Å². The van der Waals surface area contributed by atoms with Gasteiger partial charge in [0.15, 0.2) is 11.3 Å². The van der Waals surface area contributed by atoms with E-state index in [9.17, 15) is 14.4 Å². The SMILES string of the molecule is COC(=O)[C@@](C)(NC(=O)CCC(=O)c1ccccc1)c1ccccc1. The number of Topliss-reactive ketones (excluding diaryl/α,β-unsaturated/α-hetero) is 1. The van der Waals surface area contributed by atoms with Crippen molar-refractivity contribution in [3.05, 3.63) is 71.8 Å². The molecule has 5 heteroatoms. The van der Waals surface area contributed by atoms with Gasteiger partial charge in [-0.15, -0.1) is 0 Å². The molecule has 0 spiro atoms. The van der Waals surface area contributed by atoms with Gasteiger partial charge in [0.05, 0.1) is 7.11 Å². The lowest BCUT2D eigenvalue weighted by atomic mass is 9.91. The van der Waals surface area contributed by atoms with Crippen molar-refractivity contribution in [2.24, 2.45) is 0 Å². The quantitative estimate of drug-likeness (QED) is 0.622. The molecule has 0 bridgehead atoms. The largest absolute Gasteiger partial charge is 0.467 e. The summed E-state index contributed by atoms with van der Waals surface area (Å²) < 4.78 is 4.84. The second-order valence-corrected chi connectivity index (χ2v) is 5.82. The predicted octanol–water partition coefficient (Wildman–Crippen LogP) is 2.85. The summed E-state index contributed by atoms with van der Waals surface area (Å²) >= 11 is 0. The lowest BCUT2D eigenvalue weighted by Gasteiger charge is -2.28. The number of benzene rings is 2. The number of nitrogens with one attached hydrogen (secondary N) is 1. The Morgan fingerprint density at radius 3 is 2.04 bits per heavy atom. The van der Waals surface area contributed by atoms with Crippen LogP contribution in [0.4, 0.5) is 0 Å². The highest BCUT2D eigenvalue weighted by molar-refractivity contribution is 5.98. The molecule has 2 rings (SSSR count). The van der Waals surface area contributed by atoms with Gasteiger partial charge < -0.3 is 10.1 Å². The van der Waals surface area contributed by atoms with E-state index >= 15 is 0 Å². The minimum absolute atomic E-state index is 0.00680. The number of methoxy groups -OCH3 is 1. The van der Waals surface area contributed by atoms with Crippen LogP contribution in [0.5, 0.6) is 0 Å². The van der Waals surface area contributed by atoms with Crippen molar-refractivity contribution in [2.45, 2.75) is 25.3 Å². The van der Waals surface area contributed by atoms with Crippen LogP contribution in [0.1, 0.15) is 35.7 Å². The second-order valence-electron chi connectivity index (χ2n) is 5.82. The van der Waals surface area contributed by atoms with Crippen LogP contribution in [0.2, 0.25) is 0 Å². The zero-order chi connectivity index (χ0) is 18.3. The number of amides is 1. The molecular formula is C20H21NO4. The van der Waals surface area contributed by atoms with Crippen molar-refractivity contribution in [1.82, 2.24) is 5.32 Å². The van der Waals surface area contributed by atoms with E-state index in [4.69, 9.17) is 4.74 Å². The van der Waals surface area contributed by atoms with E-state index in [1.54, 1.807) is 55.5 Å². The Morgan fingerprint density at radius 1 is 0.920 bits per heavy atom. The van der Waals surface area contributed by atoms with Crippen LogP contribution in [0.15, 0.2) is 60.7 Å². The maximum atomic E-state index is 12.3. The van der Waals surface area contributed by atoms with Gasteiger partial charge in [0, 0.05) is 18.4 Å². The van der Waals surface area contributed by atoms with Crippen molar-refractivity contribution in [3.8, 4) is 0 Å². The van der Waals surface area contributed by atoms with Crippen LogP contribution in [-0.2, 0) is 19.9 Å². The summed E-state index contributed by atoms with van der Waals surface area (Å²) in [6, 6.07) is 17.7. The highest BCUT2D eigenvalue weighted by atomic mass is 16.5. The van der Waals surface area contributed by atoms with Crippen LogP contribution in [-0.4, -0.2) is 24.8 Å². The summed E-state index contributed by atoms with van der Waals surface area (Å²) in [6.07, 6.45) is 0.0645. The van der Waals surface area contributed by atoms with Gasteiger partial charge in [0.25, 0.3) is 0 Å². The molecule has 0 radical (unpaired) electrons. The number of rotatable bonds is 7. The van der Waals surface area contributed by atoms with Gasteiger partial charge in [-0.25, -0.2) is 4.79 Å². The monoisotopic (exact) mass is 339 g/mol. The van der Waals surface area contributed by atoms with Gasteiger partial charge in [0.2, 0.25) is 5.91 Å². The molecule has 0 saturated carbocycles. The highest BCUT2D eigenvalue weighted by Gasteiger charge is 2.37. The van der Waals surface area contributed by atoms with Crippen LogP contribution in [0.3, 0.4) is 0 Å². The molecule has 0 aliphatic rings. The molecular weight excluding hydrogens is 318 g/mol. The number of ether oxygens (including phenoxy) is 1. The molecule has 5 nitrogen and oxygen atoms in total. The third kappa shape index (κ3) is 4.53. The van der Waals surface area contributed by atoms with Crippen LogP contribution in [0.25, 0.3) is 0 Å². The Hall–Kier alpha value is -2.95. The lowest BCUT2D eigenvalue weighted by Crippen LogP contribution is -2.50. The molecule has 0 fully saturated rings. The molecule has 0 heterocycles. The summed E-state index contributed by atoms with van der Waals surface area (Å²) in [5.41, 5.74) is -0.123. The van der Waals surface area contributed by atoms with E-state index in [1.165, 1.54) is 7.11 Å². The summed E-state index contributed by atoms with van der Waals surface area (Å²) in [5, 5.41) is 2.70. The smallest absolute Gasteiger partial charge is 0.336 e. The van der Waals surface area contributed by atoms with E-state index in [-0.39, 0.29) is 24.5 Å². The molecule has 130 valence electrons. The van der Waals surface area contributed by atoms with Gasteiger partial charge in [-0.1, -0.05) is 60.7 Å². The van der Waals surface area contributed by atoms with Crippen LogP contribution >= 0.6 is 0 Å². The Balaban J connectivity index is 2.05. The first-order valence-corrected chi connectivity index (χ1v) is 8.00. The zero-order valence-corrected chi connectivity index (χ0v) is 14.3. The Kier molecular flexibility index (Phi) is 6.06. The van der Waals surface area contributed by atoms with E-state index in [1.807, 2.05) is 12.1 Å². The number of esters is 1. The van der Waals surface area contributed by atoms with Crippen molar-refractivity contribution < 1.29 is 19.1 Å². The summed E-state index contributed by atoms with van der Waals surface area (Å²) in [5.74, 6) is -1.07. The molecule has 25 heavy (non-hydrogen) atoms. The van der Waals surface area contributed by atoms with Crippen LogP contribution in [0, 0.1) is 0 Å². The topological polar surface area (TPSA) is 72.5 Å². The highest BCUT2D eigenvalue weighted by Crippen LogP contribution is 2.22. The molecule has 1 atom stereocenters. The third-order valence-electron chi connectivity index (χ3n) is 4.01. The molecule has 0 aliphatic heterocycles. The maximum Gasteiger partial charge on any atom is 0.336 e. The average molecular weight is 339 g/mol. The number of ketones is 1. The Labute approximate surface area is 147 Å². The average Bonchev–Trinajstić information content (AvgIpc) is 2.66. The number of carbonyl (C=O) groups excluding carboxylic acids is 3. The molecule has 0 saturated heterocycles. The van der Waals surface area contributed by atoms with Crippen molar-refractivity contribution >= 4 is 17.7 Å². The molecule has 0 unspecified atom stereocenters. The van der Waals surface area contributed by atoms with Gasteiger partial charge in [-0.3, -0.25) is 9.59 Å². The van der Waals surface area contributed by atoms with E-state index < -0.39 is 11.5 Å². The van der Waals surface area contributed by atoms with Gasteiger partial charge in [0.1, 0.15) is 0 Å². The fourth-order valence-electron chi connectivity index (χ4n) is 2.55. The molecule has 1 amide bonds. The first kappa shape index (κ1) is 18.4. The van der Waals surface area contributed by atoms with Crippen molar-refractivity contribution in [3.63, 3.8) is 0 Å². The Morgan fingerprint density at radius 2 is 1.48 bits per heavy atom. The minimum Gasteiger partial charge on any atom is -0.467 e. The van der Waals surface area contributed by atoms with E-state index in [0.29, 0.717) is 11.1 Å². The zero-order valence-electron chi connectivity index (χ0n) is 14.3. The maximum absolute atomic E-state index is 12.3. The molecule has 2 aromatic carbocycles. The first-order chi connectivity index (χ1) is 12.0. The molecule has 1 N–H and O–H groups in total. The Bertz CT molecular complexity index is 743. The standard InChI is InChI=1S/C20H21NO4/c1-20(19(24)25-2,16-11-7-4-8-12-16)21-18(23)14-13-17(22)15-9-5-3-6-10-15/h3-12H,13-14H2,1-2H3,(H,21,23)/t20-/m0/s1. The number of carbonyl (C=O) groups is 3. The predicted molar refractivity (Wildman–Crippen MR) is 94.0 cm³/mol.